The molecule has 0 atom stereocenters. The largest absolute Gasteiger partial charge is 0.457 e. The molecule has 1 aromatic carbocycles. The van der Waals surface area contributed by atoms with E-state index in [1.54, 1.807) is 31.4 Å². The molecule has 1 heterocycles. The molecule has 6 nitrogen and oxygen atoms in total. The first-order chi connectivity index (χ1) is 10.1. The normalized spacial score (nSPS) is 9.81. The van der Waals surface area contributed by atoms with Gasteiger partial charge in [0.1, 0.15) is 17.3 Å². The summed E-state index contributed by atoms with van der Waals surface area (Å²) in [7, 11) is 1.69. The van der Waals surface area contributed by atoms with E-state index in [1.807, 2.05) is 19.1 Å². The number of rotatable bonds is 6. The summed E-state index contributed by atoms with van der Waals surface area (Å²) in [6, 6.07) is 8.73. The second kappa shape index (κ2) is 6.51. The molecule has 0 radical (unpaired) electrons. The summed E-state index contributed by atoms with van der Waals surface area (Å²) in [4.78, 5) is 26.6. The van der Waals surface area contributed by atoms with E-state index in [-0.39, 0.29) is 0 Å². The maximum absolute atomic E-state index is 10.8. The number of nitrogens with one attached hydrogen (secondary N) is 1. The number of carbonyl (C=O) groups is 2. The molecule has 0 bridgehead atoms. The number of hydrogen-bond acceptors (Lipinski definition) is 4. The summed E-state index contributed by atoms with van der Waals surface area (Å²) < 4.78 is 5.71. The molecule has 2 rings (SSSR count). The molecule has 1 N–H and O–H groups in total. The van der Waals surface area contributed by atoms with Crippen molar-refractivity contribution >= 4 is 24.3 Å². The molecule has 0 aliphatic heterocycles. The number of amides is 2. The molecule has 2 aromatic rings. The Hall–Kier alpha value is -2.89. The summed E-state index contributed by atoms with van der Waals surface area (Å²) in [5, 5.41) is 2.46. The van der Waals surface area contributed by atoms with Crippen molar-refractivity contribution in [3.05, 3.63) is 42.1 Å². The van der Waals surface area contributed by atoms with E-state index in [9.17, 15) is 9.59 Å². The number of aromatic nitrogens is 1. The molecule has 0 spiro atoms. The van der Waals surface area contributed by atoms with E-state index in [0.717, 1.165) is 17.7 Å². The number of benzene rings is 1. The van der Waals surface area contributed by atoms with Crippen LogP contribution in [0.2, 0.25) is 0 Å². The molecule has 0 aliphatic carbocycles. The number of pyridine rings is 1. The van der Waals surface area contributed by atoms with Crippen molar-refractivity contribution < 1.29 is 14.3 Å². The minimum Gasteiger partial charge on any atom is -0.457 e. The predicted octanol–water partition coefficient (Wildman–Crippen LogP) is 2.34. The molecule has 0 aliphatic rings. The molecule has 0 saturated heterocycles. The lowest BCUT2D eigenvalue weighted by atomic mass is 10.2. The molecular weight excluding hydrogens is 270 g/mol. The van der Waals surface area contributed by atoms with E-state index >= 15 is 0 Å². The van der Waals surface area contributed by atoms with Crippen LogP contribution in [-0.2, 0) is 9.59 Å². The molecule has 1 aromatic heterocycles. The molecule has 2 amide bonds. The predicted molar refractivity (Wildman–Crippen MR) is 79.6 cm³/mol. The van der Waals surface area contributed by atoms with Crippen LogP contribution in [0.5, 0.6) is 11.5 Å². The minimum absolute atomic E-state index is 0.413. The highest BCUT2D eigenvalue weighted by molar-refractivity contribution is 5.76. The number of nitrogens with zero attached hydrogens (tertiary/aromatic N) is 2. The van der Waals surface area contributed by atoms with Crippen molar-refractivity contribution in [3.63, 3.8) is 0 Å². The van der Waals surface area contributed by atoms with Crippen LogP contribution < -0.4 is 15.0 Å². The number of anilines is 2. The molecule has 6 heteroatoms. The second-order valence-electron chi connectivity index (χ2n) is 4.41. The van der Waals surface area contributed by atoms with Crippen molar-refractivity contribution in [1.29, 1.82) is 0 Å². The first-order valence-electron chi connectivity index (χ1n) is 6.27. The van der Waals surface area contributed by atoms with Crippen molar-refractivity contribution in [2.24, 2.45) is 0 Å². The monoisotopic (exact) mass is 285 g/mol. The highest BCUT2D eigenvalue weighted by atomic mass is 16.5. The molecule has 0 unspecified atom stereocenters. The van der Waals surface area contributed by atoms with Crippen molar-refractivity contribution in [1.82, 2.24) is 4.98 Å². The number of carbonyl (C=O) groups excluding carboxylic acids is 2. The Labute approximate surface area is 122 Å². The van der Waals surface area contributed by atoms with Crippen LogP contribution in [-0.4, -0.2) is 24.9 Å². The van der Waals surface area contributed by atoms with Gasteiger partial charge in [0.2, 0.25) is 12.8 Å². The summed E-state index contributed by atoms with van der Waals surface area (Å²) in [5.74, 6) is 1.61. The summed E-state index contributed by atoms with van der Waals surface area (Å²) in [6.07, 6.45) is 2.85. The molecular formula is C15H15N3O3. The number of hydrogen-bond donors (Lipinski definition) is 1. The van der Waals surface area contributed by atoms with Crippen LogP contribution >= 0.6 is 0 Å². The third-order valence-corrected chi connectivity index (χ3v) is 2.88. The maximum Gasteiger partial charge on any atom is 0.213 e. The lowest BCUT2D eigenvalue weighted by molar-refractivity contribution is -0.107. The van der Waals surface area contributed by atoms with Gasteiger partial charge in [-0.3, -0.25) is 9.59 Å². The quantitative estimate of drug-likeness (QED) is 0.827. The van der Waals surface area contributed by atoms with Gasteiger partial charge in [-0.1, -0.05) is 0 Å². The van der Waals surface area contributed by atoms with E-state index in [4.69, 9.17) is 4.74 Å². The van der Waals surface area contributed by atoms with Crippen LogP contribution in [0.3, 0.4) is 0 Å². The lowest BCUT2D eigenvalue weighted by Gasteiger charge is -2.15. The summed E-state index contributed by atoms with van der Waals surface area (Å²) in [6.45, 7) is 1.90. The van der Waals surface area contributed by atoms with Crippen LogP contribution in [0.1, 0.15) is 5.56 Å². The van der Waals surface area contributed by atoms with Crippen LogP contribution in [0.25, 0.3) is 0 Å². The average molecular weight is 285 g/mol. The number of aryl methyl sites for hydroxylation is 1. The van der Waals surface area contributed by atoms with Crippen LogP contribution in [0, 0.1) is 6.92 Å². The van der Waals surface area contributed by atoms with Gasteiger partial charge in [0.25, 0.3) is 0 Å². The average Bonchev–Trinajstić information content (AvgIpc) is 2.47. The zero-order valence-corrected chi connectivity index (χ0v) is 11.7. The Morgan fingerprint density at radius 1 is 1.19 bits per heavy atom. The fourth-order valence-electron chi connectivity index (χ4n) is 1.89. The van der Waals surface area contributed by atoms with E-state index in [0.29, 0.717) is 23.7 Å². The Kier molecular flexibility index (Phi) is 4.50. The van der Waals surface area contributed by atoms with Gasteiger partial charge in [0.05, 0.1) is 0 Å². The lowest BCUT2D eigenvalue weighted by Crippen LogP contribution is -2.14. The highest BCUT2D eigenvalue weighted by Crippen LogP contribution is 2.27. The van der Waals surface area contributed by atoms with Gasteiger partial charge in [0.15, 0.2) is 0 Å². The maximum atomic E-state index is 10.8. The van der Waals surface area contributed by atoms with E-state index in [1.165, 1.54) is 4.90 Å². The fourth-order valence-corrected chi connectivity index (χ4v) is 1.89. The first kappa shape index (κ1) is 14.5. The van der Waals surface area contributed by atoms with Gasteiger partial charge in [-0.15, -0.1) is 0 Å². The number of ether oxygens (including phenoxy) is 1. The summed E-state index contributed by atoms with van der Waals surface area (Å²) in [5.41, 5.74) is 1.73. The Balaban J connectivity index is 2.20. The van der Waals surface area contributed by atoms with Gasteiger partial charge in [-0.25, -0.2) is 4.98 Å². The van der Waals surface area contributed by atoms with Crippen LogP contribution in [0.15, 0.2) is 36.5 Å². The van der Waals surface area contributed by atoms with Crippen molar-refractivity contribution in [2.45, 2.75) is 6.92 Å². The Morgan fingerprint density at radius 2 is 1.95 bits per heavy atom. The standard InChI is InChI=1S/C15H15N3O3/c1-11-7-12(3-4-14(11)18(2)10-20)21-13-5-6-16-15(8-13)17-9-19/h3-10H,1-2H3,(H,16,17,19). The Morgan fingerprint density at radius 3 is 2.62 bits per heavy atom. The van der Waals surface area contributed by atoms with Crippen molar-refractivity contribution in [2.75, 3.05) is 17.3 Å². The fraction of sp³-hybridized carbons (Fsp3) is 0.133. The third-order valence-electron chi connectivity index (χ3n) is 2.88. The third kappa shape index (κ3) is 3.56. The zero-order chi connectivity index (χ0) is 15.2. The SMILES string of the molecule is Cc1cc(Oc2ccnc(NC=O)c2)ccc1N(C)C=O. The topological polar surface area (TPSA) is 71.5 Å². The molecule has 0 fully saturated rings. The smallest absolute Gasteiger partial charge is 0.213 e. The van der Waals surface area contributed by atoms with Gasteiger partial charge < -0.3 is 15.0 Å². The first-order valence-corrected chi connectivity index (χ1v) is 6.27. The van der Waals surface area contributed by atoms with Gasteiger partial charge in [-0.2, -0.15) is 0 Å². The van der Waals surface area contributed by atoms with E-state index in [2.05, 4.69) is 10.3 Å². The highest BCUT2D eigenvalue weighted by Gasteiger charge is 2.06. The van der Waals surface area contributed by atoms with Gasteiger partial charge >= 0.3 is 0 Å². The molecule has 108 valence electrons. The Bertz CT molecular complexity index is 658. The minimum atomic E-state index is 0.413. The molecule has 21 heavy (non-hydrogen) atoms. The van der Waals surface area contributed by atoms with Gasteiger partial charge in [-0.05, 0) is 36.8 Å². The second-order valence-corrected chi connectivity index (χ2v) is 4.41. The summed E-state index contributed by atoms with van der Waals surface area (Å²) >= 11 is 0. The van der Waals surface area contributed by atoms with Gasteiger partial charge in [0, 0.05) is 25.0 Å². The molecule has 0 saturated carbocycles. The van der Waals surface area contributed by atoms with Crippen LogP contribution in [0.4, 0.5) is 11.5 Å². The van der Waals surface area contributed by atoms with Crippen molar-refractivity contribution in [3.8, 4) is 11.5 Å². The zero-order valence-electron chi connectivity index (χ0n) is 11.7. The van der Waals surface area contributed by atoms with E-state index < -0.39 is 0 Å².